The zero-order valence-corrected chi connectivity index (χ0v) is 9.44. The fourth-order valence-electron chi connectivity index (χ4n) is 1.42. The third kappa shape index (κ3) is 2.84. The molecule has 0 aliphatic heterocycles. The number of ether oxygens (including phenoxy) is 1. The Morgan fingerprint density at radius 1 is 1.12 bits per heavy atom. The van der Waals surface area contributed by atoms with Crippen LogP contribution in [0.3, 0.4) is 0 Å². The fraction of sp³-hybridized carbons (Fsp3) is 0.0714. The normalized spacial score (nSPS) is 9.71. The molecule has 0 heterocycles. The number of methoxy groups -OCH3 is 1. The van der Waals surface area contributed by atoms with Gasteiger partial charge in [0.1, 0.15) is 5.75 Å². The molecule has 1 radical (unpaired) electrons. The number of anilines is 1. The van der Waals surface area contributed by atoms with Gasteiger partial charge in [-0.25, -0.2) is 0 Å². The lowest BCUT2D eigenvalue weighted by Gasteiger charge is -2.06. The Labute approximate surface area is 100 Å². The van der Waals surface area contributed by atoms with Crippen LogP contribution in [-0.2, 0) is 0 Å². The van der Waals surface area contributed by atoms with E-state index in [2.05, 4.69) is 11.4 Å². The van der Waals surface area contributed by atoms with Crippen LogP contribution in [0.1, 0.15) is 10.4 Å². The van der Waals surface area contributed by atoms with Gasteiger partial charge in [0.15, 0.2) is 0 Å². The van der Waals surface area contributed by atoms with Crippen molar-refractivity contribution < 1.29 is 9.53 Å². The Morgan fingerprint density at radius 2 is 1.76 bits per heavy atom. The smallest absolute Gasteiger partial charge is 0.255 e. The summed E-state index contributed by atoms with van der Waals surface area (Å²) in [6, 6.07) is 16.9. The summed E-state index contributed by atoms with van der Waals surface area (Å²) < 4.78 is 5.04. The molecule has 1 N–H and O–H groups in total. The Hall–Kier alpha value is -2.29. The summed E-state index contributed by atoms with van der Waals surface area (Å²) in [5.41, 5.74) is 1.35. The Morgan fingerprint density at radius 3 is 2.35 bits per heavy atom. The van der Waals surface area contributed by atoms with Crippen LogP contribution in [0.5, 0.6) is 5.75 Å². The van der Waals surface area contributed by atoms with E-state index in [-0.39, 0.29) is 5.91 Å². The van der Waals surface area contributed by atoms with Crippen molar-refractivity contribution in [3.8, 4) is 5.75 Å². The van der Waals surface area contributed by atoms with Crippen LogP contribution in [0.2, 0.25) is 0 Å². The van der Waals surface area contributed by atoms with Gasteiger partial charge in [-0.1, -0.05) is 12.1 Å². The summed E-state index contributed by atoms with van der Waals surface area (Å²) in [5.74, 6) is 0.626. The van der Waals surface area contributed by atoms with Gasteiger partial charge < -0.3 is 10.1 Å². The molecule has 0 fully saturated rings. The van der Waals surface area contributed by atoms with E-state index in [4.69, 9.17) is 4.74 Å². The zero-order valence-electron chi connectivity index (χ0n) is 9.44. The number of hydrogen-bond acceptors (Lipinski definition) is 2. The van der Waals surface area contributed by atoms with Crippen LogP contribution >= 0.6 is 0 Å². The predicted octanol–water partition coefficient (Wildman–Crippen LogP) is 2.75. The van der Waals surface area contributed by atoms with Gasteiger partial charge in [-0.2, -0.15) is 0 Å². The van der Waals surface area contributed by atoms with Crippen LogP contribution in [0.15, 0.2) is 48.5 Å². The Bertz CT molecular complexity index is 491. The minimum Gasteiger partial charge on any atom is -0.497 e. The molecule has 17 heavy (non-hydrogen) atoms. The first-order valence-electron chi connectivity index (χ1n) is 5.21. The second-order valence-electron chi connectivity index (χ2n) is 3.47. The maximum Gasteiger partial charge on any atom is 0.255 e. The molecule has 3 nitrogen and oxygen atoms in total. The molecule has 0 saturated carbocycles. The number of carbonyl (C=O) groups excluding carboxylic acids is 1. The van der Waals surface area contributed by atoms with E-state index in [9.17, 15) is 4.79 Å². The van der Waals surface area contributed by atoms with E-state index in [0.29, 0.717) is 5.56 Å². The van der Waals surface area contributed by atoms with Gasteiger partial charge in [-0.15, -0.1) is 0 Å². The molecule has 85 valence electrons. The summed E-state index contributed by atoms with van der Waals surface area (Å²) >= 11 is 0. The first-order chi connectivity index (χ1) is 8.29. The van der Waals surface area contributed by atoms with Crippen LogP contribution in [0, 0.1) is 6.07 Å². The highest BCUT2D eigenvalue weighted by Gasteiger charge is 2.04. The molecule has 0 saturated heterocycles. The molecule has 0 spiro atoms. The molecule has 3 heteroatoms. The minimum atomic E-state index is -0.135. The Balaban J connectivity index is 2.08. The van der Waals surface area contributed by atoms with Crippen LogP contribution in [0.25, 0.3) is 0 Å². The SMILES string of the molecule is COc1ccc(NC(=O)c2cc[c]cc2)cc1. The minimum absolute atomic E-state index is 0.135. The number of benzene rings is 2. The number of rotatable bonds is 3. The van der Waals surface area contributed by atoms with Crippen LogP contribution < -0.4 is 10.1 Å². The molecule has 0 aliphatic rings. The highest BCUT2D eigenvalue weighted by molar-refractivity contribution is 6.04. The standard InChI is InChI=1S/C14H12NO2/c1-17-13-9-7-12(8-10-13)15-14(16)11-5-3-2-4-6-11/h3-10H,1H3,(H,15,16). The third-order valence-electron chi connectivity index (χ3n) is 2.33. The maximum absolute atomic E-state index is 11.8. The molecule has 0 aromatic heterocycles. The quantitative estimate of drug-likeness (QED) is 0.873. The van der Waals surface area contributed by atoms with Crippen molar-refractivity contribution in [2.75, 3.05) is 12.4 Å². The lowest BCUT2D eigenvalue weighted by Crippen LogP contribution is -2.11. The summed E-state index contributed by atoms with van der Waals surface area (Å²) in [6.07, 6.45) is 0. The van der Waals surface area contributed by atoms with E-state index >= 15 is 0 Å². The molecule has 0 unspecified atom stereocenters. The van der Waals surface area contributed by atoms with Gasteiger partial charge in [-0.05, 0) is 42.5 Å². The lowest BCUT2D eigenvalue weighted by atomic mass is 10.2. The topological polar surface area (TPSA) is 38.3 Å². The third-order valence-corrected chi connectivity index (χ3v) is 2.33. The molecule has 0 aliphatic carbocycles. The lowest BCUT2D eigenvalue weighted by molar-refractivity contribution is 0.102. The molecular formula is C14H12NO2. The van der Waals surface area contributed by atoms with E-state index in [1.54, 1.807) is 55.6 Å². The van der Waals surface area contributed by atoms with Crippen molar-refractivity contribution in [1.82, 2.24) is 0 Å². The predicted molar refractivity (Wildman–Crippen MR) is 66.2 cm³/mol. The average molecular weight is 226 g/mol. The highest BCUT2D eigenvalue weighted by atomic mass is 16.5. The van der Waals surface area contributed by atoms with Crippen molar-refractivity contribution in [2.24, 2.45) is 0 Å². The maximum atomic E-state index is 11.8. The van der Waals surface area contributed by atoms with Gasteiger partial charge in [0.25, 0.3) is 5.91 Å². The largest absolute Gasteiger partial charge is 0.497 e. The van der Waals surface area contributed by atoms with Crippen molar-refractivity contribution in [2.45, 2.75) is 0 Å². The number of carbonyl (C=O) groups is 1. The van der Waals surface area contributed by atoms with Gasteiger partial charge in [0.05, 0.1) is 7.11 Å². The highest BCUT2D eigenvalue weighted by Crippen LogP contribution is 2.15. The second kappa shape index (κ2) is 5.16. The van der Waals surface area contributed by atoms with Crippen LogP contribution in [0.4, 0.5) is 5.69 Å². The van der Waals surface area contributed by atoms with Gasteiger partial charge in [-0.3, -0.25) is 4.79 Å². The molecule has 2 rings (SSSR count). The summed E-state index contributed by atoms with van der Waals surface area (Å²) in [7, 11) is 1.61. The van der Waals surface area contributed by atoms with Gasteiger partial charge >= 0.3 is 0 Å². The molecule has 1 amide bonds. The Kier molecular flexibility index (Phi) is 3.40. The number of nitrogens with one attached hydrogen (secondary N) is 1. The molecular weight excluding hydrogens is 214 g/mol. The van der Waals surface area contributed by atoms with Crippen molar-refractivity contribution in [3.63, 3.8) is 0 Å². The average Bonchev–Trinajstić information content (AvgIpc) is 2.40. The zero-order chi connectivity index (χ0) is 12.1. The molecule has 2 aromatic carbocycles. The first-order valence-corrected chi connectivity index (χ1v) is 5.21. The summed E-state index contributed by atoms with van der Waals surface area (Å²) in [5, 5.41) is 2.80. The molecule has 0 bridgehead atoms. The second-order valence-corrected chi connectivity index (χ2v) is 3.47. The van der Waals surface area contributed by atoms with Crippen molar-refractivity contribution in [3.05, 3.63) is 60.2 Å². The number of amides is 1. The number of hydrogen-bond donors (Lipinski definition) is 1. The summed E-state index contributed by atoms with van der Waals surface area (Å²) in [4.78, 5) is 11.8. The van der Waals surface area contributed by atoms with Gasteiger partial charge in [0, 0.05) is 11.3 Å². The summed E-state index contributed by atoms with van der Waals surface area (Å²) in [6.45, 7) is 0. The van der Waals surface area contributed by atoms with E-state index in [0.717, 1.165) is 11.4 Å². The fourth-order valence-corrected chi connectivity index (χ4v) is 1.42. The molecule has 0 atom stereocenters. The van der Waals surface area contributed by atoms with E-state index in [1.807, 2.05) is 0 Å². The van der Waals surface area contributed by atoms with Gasteiger partial charge in [0.2, 0.25) is 0 Å². The van der Waals surface area contributed by atoms with E-state index < -0.39 is 0 Å². The first kappa shape index (κ1) is 11.2. The molecule has 2 aromatic rings. The van der Waals surface area contributed by atoms with Crippen LogP contribution in [-0.4, -0.2) is 13.0 Å². The van der Waals surface area contributed by atoms with Crippen molar-refractivity contribution >= 4 is 11.6 Å². The van der Waals surface area contributed by atoms with Crippen molar-refractivity contribution in [1.29, 1.82) is 0 Å². The monoisotopic (exact) mass is 226 g/mol. The van der Waals surface area contributed by atoms with E-state index in [1.165, 1.54) is 0 Å².